The van der Waals surface area contributed by atoms with Gasteiger partial charge in [0.1, 0.15) is 5.75 Å². The molecule has 0 aliphatic carbocycles. The summed E-state index contributed by atoms with van der Waals surface area (Å²) in [5, 5.41) is 3.61. The molecule has 1 atom stereocenters. The van der Waals surface area contributed by atoms with E-state index in [0.29, 0.717) is 6.04 Å². The fraction of sp³-hybridized carbons (Fsp3) is 0.625. The van der Waals surface area contributed by atoms with E-state index in [-0.39, 0.29) is 0 Å². The molecule has 0 saturated carbocycles. The molecule has 0 heterocycles. The van der Waals surface area contributed by atoms with Crippen LogP contribution >= 0.6 is 0 Å². The molecular formula is C16H27NO. The normalized spacial score (nSPS) is 12.4. The maximum absolute atomic E-state index is 5.70. The highest BCUT2D eigenvalue weighted by atomic mass is 16.5. The van der Waals surface area contributed by atoms with Crippen LogP contribution in [0.1, 0.15) is 58.1 Å². The van der Waals surface area contributed by atoms with Crippen molar-refractivity contribution in [1.82, 2.24) is 5.32 Å². The zero-order valence-corrected chi connectivity index (χ0v) is 12.0. The van der Waals surface area contributed by atoms with Crippen LogP contribution in [0.5, 0.6) is 5.75 Å². The monoisotopic (exact) mass is 249 g/mol. The summed E-state index contributed by atoms with van der Waals surface area (Å²) in [6, 6.07) is 8.97. The summed E-state index contributed by atoms with van der Waals surface area (Å²) in [7, 11) is 0. The molecule has 1 N–H and O–H groups in total. The molecule has 1 rings (SSSR count). The van der Waals surface area contributed by atoms with Crippen molar-refractivity contribution < 1.29 is 4.74 Å². The molecule has 0 aliphatic heterocycles. The van der Waals surface area contributed by atoms with Crippen molar-refractivity contribution in [3.05, 3.63) is 29.8 Å². The zero-order chi connectivity index (χ0) is 13.2. The standard InChI is InChI=1S/C16H27NO/c1-4-8-16(17-11-5-2)14-9-7-10-15(13-14)18-12-6-3/h7,9-10,13,16-17H,4-6,8,11-12H2,1-3H3. The van der Waals surface area contributed by atoms with Crippen LogP contribution in [0.2, 0.25) is 0 Å². The van der Waals surface area contributed by atoms with E-state index in [9.17, 15) is 0 Å². The highest BCUT2D eigenvalue weighted by Crippen LogP contribution is 2.23. The van der Waals surface area contributed by atoms with Gasteiger partial charge in [0.2, 0.25) is 0 Å². The van der Waals surface area contributed by atoms with E-state index in [1.54, 1.807) is 0 Å². The molecule has 0 radical (unpaired) electrons. The van der Waals surface area contributed by atoms with Crippen LogP contribution in [-0.4, -0.2) is 13.2 Å². The number of hydrogen-bond acceptors (Lipinski definition) is 2. The number of ether oxygens (including phenoxy) is 1. The number of nitrogens with one attached hydrogen (secondary N) is 1. The first-order chi connectivity index (χ1) is 8.81. The van der Waals surface area contributed by atoms with Crippen molar-refractivity contribution in [2.24, 2.45) is 0 Å². The number of rotatable bonds is 9. The van der Waals surface area contributed by atoms with Crippen LogP contribution in [0.25, 0.3) is 0 Å². The predicted octanol–water partition coefficient (Wildman–Crippen LogP) is 4.32. The summed E-state index contributed by atoms with van der Waals surface area (Å²) >= 11 is 0. The van der Waals surface area contributed by atoms with Crippen molar-refractivity contribution in [2.75, 3.05) is 13.2 Å². The molecule has 0 bridgehead atoms. The van der Waals surface area contributed by atoms with E-state index in [0.717, 1.165) is 25.3 Å². The van der Waals surface area contributed by atoms with Gasteiger partial charge in [-0.15, -0.1) is 0 Å². The third-order valence-corrected chi connectivity index (χ3v) is 2.95. The van der Waals surface area contributed by atoms with Crippen LogP contribution in [0.3, 0.4) is 0 Å². The Hall–Kier alpha value is -1.02. The summed E-state index contributed by atoms with van der Waals surface area (Å²) in [6.07, 6.45) is 4.60. The molecule has 1 unspecified atom stereocenters. The molecule has 1 aromatic carbocycles. The van der Waals surface area contributed by atoms with Gasteiger partial charge in [0, 0.05) is 6.04 Å². The molecule has 2 nitrogen and oxygen atoms in total. The first-order valence-electron chi connectivity index (χ1n) is 7.27. The summed E-state index contributed by atoms with van der Waals surface area (Å²) in [4.78, 5) is 0. The summed E-state index contributed by atoms with van der Waals surface area (Å²) in [6.45, 7) is 8.44. The van der Waals surface area contributed by atoms with Crippen molar-refractivity contribution in [3.63, 3.8) is 0 Å². The summed E-state index contributed by atoms with van der Waals surface area (Å²) < 4.78 is 5.70. The quantitative estimate of drug-likeness (QED) is 0.704. The summed E-state index contributed by atoms with van der Waals surface area (Å²) in [5.41, 5.74) is 1.35. The van der Waals surface area contributed by atoms with Gasteiger partial charge < -0.3 is 10.1 Å². The SMILES string of the molecule is CCCNC(CCC)c1cccc(OCCC)c1. The second kappa shape index (κ2) is 8.98. The van der Waals surface area contributed by atoms with Gasteiger partial charge in [-0.3, -0.25) is 0 Å². The average molecular weight is 249 g/mol. The number of benzene rings is 1. The van der Waals surface area contributed by atoms with Gasteiger partial charge in [-0.25, -0.2) is 0 Å². The van der Waals surface area contributed by atoms with Gasteiger partial charge in [-0.2, -0.15) is 0 Å². The second-order valence-electron chi connectivity index (χ2n) is 4.72. The minimum atomic E-state index is 0.458. The molecule has 0 fully saturated rings. The van der Waals surface area contributed by atoms with E-state index >= 15 is 0 Å². The topological polar surface area (TPSA) is 21.3 Å². The Kier molecular flexibility index (Phi) is 7.51. The highest BCUT2D eigenvalue weighted by Gasteiger charge is 2.10. The Morgan fingerprint density at radius 2 is 1.94 bits per heavy atom. The van der Waals surface area contributed by atoms with Gasteiger partial charge in [-0.05, 0) is 43.5 Å². The number of hydrogen-bond donors (Lipinski definition) is 1. The van der Waals surface area contributed by atoms with Crippen molar-refractivity contribution >= 4 is 0 Å². The van der Waals surface area contributed by atoms with Crippen LogP contribution < -0.4 is 10.1 Å². The van der Waals surface area contributed by atoms with E-state index in [1.807, 2.05) is 6.07 Å². The maximum Gasteiger partial charge on any atom is 0.119 e. The molecule has 0 spiro atoms. The van der Waals surface area contributed by atoms with Gasteiger partial charge in [0.25, 0.3) is 0 Å². The molecule has 18 heavy (non-hydrogen) atoms. The van der Waals surface area contributed by atoms with E-state index in [4.69, 9.17) is 4.74 Å². The molecule has 1 aromatic rings. The molecule has 2 heteroatoms. The minimum Gasteiger partial charge on any atom is -0.494 e. The van der Waals surface area contributed by atoms with Crippen molar-refractivity contribution in [3.8, 4) is 5.75 Å². The van der Waals surface area contributed by atoms with Crippen LogP contribution in [-0.2, 0) is 0 Å². The van der Waals surface area contributed by atoms with E-state index in [2.05, 4.69) is 44.3 Å². The zero-order valence-electron chi connectivity index (χ0n) is 12.0. The highest BCUT2D eigenvalue weighted by molar-refractivity contribution is 5.30. The lowest BCUT2D eigenvalue weighted by atomic mass is 10.0. The Bertz CT molecular complexity index is 325. The lowest BCUT2D eigenvalue weighted by Crippen LogP contribution is -2.22. The van der Waals surface area contributed by atoms with E-state index < -0.39 is 0 Å². The Balaban J connectivity index is 2.70. The third-order valence-electron chi connectivity index (χ3n) is 2.95. The molecule has 0 aliphatic rings. The first kappa shape index (κ1) is 15.0. The lowest BCUT2D eigenvalue weighted by Gasteiger charge is -2.19. The Morgan fingerprint density at radius 1 is 1.11 bits per heavy atom. The van der Waals surface area contributed by atoms with Crippen molar-refractivity contribution in [1.29, 1.82) is 0 Å². The Labute approximate surface area is 112 Å². The fourth-order valence-electron chi connectivity index (χ4n) is 2.03. The average Bonchev–Trinajstić information content (AvgIpc) is 2.41. The lowest BCUT2D eigenvalue weighted by molar-refractivity contribution is 0.316. The third kappa shape index (κ3) is 5.09. The molecule has 0 amide bonds. The van der Waals surface area contributed by atoms with Gasteiger partial charge in [-0.1, -0.05) is 39.3 Å². The smallest absolute Gasteiger partial charge is 0.119 e. The largest absolute Gasteiger partial charge is 0.494 e. The molecule has 0 saturated heterocycles. The van der Waals surface area contributed by atoms with Crippen LogP contribution in [0.15, 0.2) is 24.3 Å². The predicted molar refractivity (Wildman–Crippen MR) is 78.2 cm³/mol. The minimum absolute atomic E-state index is 0.458. The van der Waals surface area contributed by atoms with E-state index in [1.165, 1.54) is 24.8 Å². The first-order valence-corrected chi connectivity index (χ1v) is 7.27. The van der Waals surface area contributed by atoms with Crippen molar-refractivity contribution in [2.45, 2.75) is 52.5 Å². The van der Waals surface area contributed by atoms with Gasteiger partial charge in [0.05, 0.1) is 6.61 Å². The second-order valence-corrected chi connectivity index (χ2v) is 4.72. The molecule has 0 aromatic heterocycles. The summed E-state index contributed by atoms with van der Waals surface area (Å²) in [5.74, 6) is 0.994. The fourth-order valence-corrected chi connectivity index (χ4v) is 2.03. The van der Waals surface area contributed by atoms with Crippen LogP contribution in [0, 0.1) is 0 Å². The molecule has 102 valence electrons. The van der Waals surface area contributed by atoms with Crippen LogP contribution in [0.4, 0.5) is 0 Å². The van der Waals surface area contributed by atoms with Gasteiger partial charge >= 0.3 is 0 Å². The maximum atomic E-state index is 5.70. The van der Waals surface area contributed by atoms with Gasteiger partial charge in [0.15, 0.2) is 0 Å². The molecular weight excluding hydrogens is 222 g/mol. The Morgan fingerprint density at radius 3 is 2.61 bits per heavy atom.